The molecule has 1 aromatic carbocycles. The smallest absolute Gasteiger partial charge is 0.400 e. The Morgan fingerprint density at radius 1 is 0.793 bits per heavy atom. The summed E-state index contributed by atoms with van der Waals surface area (Å²) in [7, 11) is 0. The van der Waals surface area contributed by atoms with E-state index in [9.17, 15) is 22.0 Å². The van der Waals surface area contributed by atoms with Crippen molar-refractivity contribution in [3.8, 4) is 5.75 Å². The highest BCUT2D eigenvalue weighted by Gasteiger charge is 2.44. The predicted octanol–water partition coefficient (Wildman–Crippen LogP) is 7.88. The van der Waals surface area contributed by atoms with Crippen LogP contribution in [0.25, 0.3) is 0 Å². The molecule has 1 nitrogen and oxygen atoms in total. The van der Waals surface area contributed by atoms with Gasteiger partial charge in [-0.2, -0.15) is 8.78 Å². The van der Waals surface area contributed by atoms with E-state index in [1.165, 1.54) is 38.5 Å². The molecular weight excluding hydrogens is 387 g/mol. The first kappa shape index (κ1) is 22.4. The third kappa shape index (κ3) is 5.85. The number of rotatable bonds is 7. The Kier molecular flexibility index (Phi) is 7.44. The van der Waals surface area contributed by atoms with Crippen LogP contribution in [0, 0.1) is 41.1 Å². The Balaban J connectivity index is 1.44. The zero-order valence-electron chi connectivity index (χ0n) is 17.0. The zero-order chi connectivity index (χ0) is 21.0. The van der Waals surface area contributed by atoms with Gasteiger partial charge in [-0.3, -0.25) is 0 Å². The van der Waals surface area contributed by atoms with Crippen LogP contribution in [-0.2, 0) is 0 Å². The Morgan fingerprint density at radius 2 is 1.24 bits per heavy atom. The molecule has 0 amide bonds. The van der Waals surface area contributed by atoms with Crippen LogP contribution in [0.2, 0.25) is 0 Å². The minimum atomic E-state index is -3.53. The van der Waals surface area contributed by atoms with Crippen molar-refractivity contribution in [2.45, 2.75) is 83.7 Å². The maximum atomic E-state index is 14.5. The fourth-order valence-corrected chi connectivity index (χ4v) is 5.02. The molecule has 164 valence electrons. The summed E-state index contributed by atoms with van der Waals surface area (Å²) in [5.41, 5.74) is 0. The lowest BCUT2D eigenvalue weighted by Gasteiger charge is -2.34. The monoisotopic (exact) mass is 418 g/mol. The first-order chi connectivity index (χ1) is 13.8. The van der Waals surface area contributed by atoms with Crippen molar-refractivity contribution < 1.29 is 26.7 Å². The van der Waals surface area contributed by atoms with Crippen molar-refractivity contribution in [2.24, 2.45) is 23.7 Å². The molecule has 0 unspecified atom stereocenters. The van der Waals surface area contributed by atoms with Crippen molar-refractivity contribution in [3.05, 3.63) is 29.6 Å². The molecule has 0 aromatic heterocycles. The second-order valence-electron chi connectivity index (χ2n) is 8.95. The van der Waals surface area contributed by atoms with Gasteiger partial charge in [0.25, 0.3) is 0 Å². The van der Waals surface area contributed by atoms with Crippen molar-refractivity contribution in [1.29, 1.82) is 0 Å². The van der Waals surface area contributed by atoms with Crippen LogP contribution in [0.5, 0.6) is 5.75 Å². The van der Waals surface area contributed by atoms with Crippen LogP contribution >= 0.6 is 0 Å². The summed E-state index contributed by atoms with van der Waals surface area (Å²) < 4.78 is 73.0. The molecule has 0 bridgehead atoms. The Bertz CT molecular complexity index is 638. The minimum absolute atomic E-state index is 0.326. The highest BCUT2D eigenvalue weighted by atomic mass is 19.3. The standard InChI is InChI=1S/C23H31F5O/c1-2-15-3-5-16(6-4-15)7-8-17-9-11-18(12-10-17)23(27,28)29-19-13-20(24)22(26)21(25)14-19/h13-18H,2-12H2,1H3. The molecule has 29 heavy (non-hydrogen) atoms. The van der Waals surface area contributed by atoms with Crippen molar-refractivity contribution in [1.82, 2.24) is 0 Å². The van der Waals surface area contributed by atoms with Gasteiger partial charge < -0.3 is 4.74 Å². The Labute approximate surface area is 170 Å². The van der Waals surface area contributed by atoms with Crippen molar-refractivity contribution in [2.75, 3.05) is 0 Å². The number of benzene rings is 1. The SMILES string of the molecule is CCC1CCC(CCC2CCC(C(F)(F)Oc3cc(F)c(F)c(F)c3)CC2)CC1. The van der Waals surface area contributed by atoms with Gasteiger partial charge in [0.1, 0.15) is 5.75 Å². The highest BCUT2D eigenvalue weighted by Crippen LogP contribution is 2.42. The maximum Gasteiger partial charge on any atom is 0.400 e. The third-order valence-corrected chi connectivity index (χ3v) is 7.06. The van der Waals surface area contributed by atoms with Crippen LogP contribution in [0.1, 0.15) is 77.6 Å². The first-order valence-corrected chi connectivity index (χ1v) is 11.0. The van der Waals surface area contributed by atoms with Crippen LogP contribution in [0.3, 0.4) is 0 Å². The fourth-order valence-electron chi connectivity index (χ4n) is 5.02. The summed E-state index contributed by atoms with van der Waals surface area (Å²) in [6, 6.07) is 0.927. The summed E-state index contributed by atoms with van der Waals surface area (Å²) >= 11 is 0. The van der Waals surface area contributed by atoms with Gasteiger partial charge in [-0.05, 0) is 43.4 Å². The van der Waals surface area contributed by atoms with Gasteiger partial charge >= 0.3 is 6.11 Å². The van der Waals surface area contributed by atoms with E-state index < -0.39 is 35.2 Å². The lowest BCUT2D eigenvalue weighted by Crippen LogP contribution is -2.37. The van der Waals surface area contributed by atoms with Crippen molar-refractivity contribution in [3.63, 3.8) is 0 Å². The number of ether oxygens (including phenoxy) is 1. The lowest BCUT2D eigenvalue weighted by atomic mass is 9.75. The van der Waals surface area contributed by atoms with Crippen molar-refractivity contribution >= 4 is 0 Å². The molecule has 1 aromatic rings. The molecule has 2 aliphatic carbocycles. The van der Waals surface area contributed by atoms with Gasteiger partial charge in [-0.1, -0.05) is 51.9 Å². The topological polar surface area (TPSA) is 9.23 Å². The number of halogens is 5. The first-order valence-electron chi connectivity index (χ1n) is 11.0. The van der Waals surface area contributed by atoms with E-state index in [0.717, 1.165) is 31.1 Å². The van der Waals surface area contributed by atoms with Gasteiger partial charge in [0.2, 0.25) is 0 Å². The molecule has 0 N–H and O–H groups in total. The number of hydrogen-bond donors (Lipinski definition) is 0. The lowest BCUT2D eigenvalue weighted by molar-refractivity contribution is -0.223. The van der Waals surface area contributed by atoms with Gasteiger partial charge in [-0.15, -0.1) is 0 Å². The molecule has 2 fully saturated rings. The second kappa shape index (κ2) is 9.65. The maximum absolute atomic E-state index is 14.5. The average Bonchev–Trinajstić information content (AvgIpc) is 2.71. The van der Waals surface area contributed by atoms with E-state index in [1.807, 2.05) is 0 Å². The van der Waals surface area contributed by atoms with E-state index in [0.29, 0.717) is 30.9 Å². The normalized spacial score (nSPS) is 28.3. The summed E-state index contributed by atoms with van der Waals surface area (Å²) in [5, 5.41) is 0. The van der Waals surface area contributed by atoms with Gasteiger partial charge in [-0.25, -0.2) is 13.2 Å². The molecule has 0 atom stereocenters. The molecule has 0 spiro atoms. The third-order valence-electron chi connectivity index (χ3n) is 7.06. The van der Waals surface area contributed by atoms with E-state index in [-0.39, 0.29) is 0 Å². The van der Waals surface area contributed by atoms with E-state index >= 15 is 0 Å². The quantitative estimate of drug-likeness (QED) is 0.323. The predicted molar refractivity (Wildman–Crippen MR) is 102 cm³/mol. The Hall–Kier alpha value is -1.33. The molecular formula is C23H31F5O. The number of alkyl halides is 2. The summed E-state index contributed by atoms with van der Waals surface area (Å²) in [6.07, 6.45) is 7.35. The number of hydrogen-bond acceptors (Lipinski definition) is 1. The van der Waals surface area contributed by atoms with Crippen LogP contribution in [-0.4, -0.2) is 6.11 Å². The average molecular weight is 418 g/mol. The van der Waals surface area contributed by atoms with E-state index in [4.69, 9.17) is 0 Å². The van der Waals surface area contributed by atoms with Crippen LogP contribution in [0.4, 0.5) is 22.0 Å². The van der Waals surface area contributed by atoms with Crippen LogP contribution in [0.15, 0.2) is 12.1 Å². The van der Waals surface area contributed by atoms with Crippen LogP contribution < -0.4 is 4.74 Å². The molecule has 3 rings (SSSR count). The summed E-state index contributed by atoms with van der Waals surface area (Å²) in [5.74, 6) is -4.31. The largest absolute Gasteiger partial charge is 0.432 e. The fraction of sp³-hybridized carbons (Fsp3) is 0.739. The zero-order valence-corrected chi connectivity index (χ0v) is 17.0. The molecule has 2 saturated carbocycles. The van der Waals surface area contributed by atoms with E-state index in [1.54, 1.807) is 0 Å². The summed E-state index contributed by atoms with van der Waals surface area (Å²) in [4.78, 5) is 0. The van der Waals surface area contributed by atoms with E-state index in [2.05, 4.69) is 11.7 Å². The van der Waals surface area contributed by atoms with Gasteiger partial charge in [0.05, 0.1) is 5.92 Å². The highest BCUT2D eigenvalue weighted by molar-refractivity contribution is 5.25. The molecule has 0 radical (unpaired) electrons. The Morgan fingerprint density at radius 3 is 1.72 bits per heavy atom. The molecule has 2 aliphatic rings. The molecule has 0 heterocycles. The molecule has 6 heteroatoms. The van der Waals surface area contributed by atoms with Gasteiger partial charge in [0, 0.05) is 12.1 Å². The minimum Gasteiger partial charge on any atom is -0.432 e. The second-order valence-corrected chi connectivity index (χ2v) is 8.95. The summed E-state index contributed by atoms with van der Waals surface area (Å²) in [6.45, 7) is 2.26. The van der Waals surface area contributed by atoms with Gasteiger partial charge in [0.15, 0.2) is 17.5 Å². The molecule has 0 aliphatic heterocycles. The molecule has 0 saturated heterocycles.